The summed E-state index contributed by atoms with van der Waals surface area (Å²) in [5.41, 5.74) is 8.42. The van der Waals surface area contributed by atoms with E-state index in [1.54, 1.807) is 0 Å². The van der Waals surface area contributed by atoms with E-state index in [1.807, 2.05) is 13.8 Å². The smallest absolute Gasteiger partial charge is 0.166 e. The van der Waals surface area contributed by atoms with Gasteiger partial charge >= 0.3 is 0 Å². The number of aromatic nitrogens is 2. The predicted molar refractivity (Wildman–Crippen MR) is 95.3 cm³/mol. The molecule has 24 heavy (non-hydrogen) atoms. The molecule has 0 spiro atoms. The summed E-state index contributed by atoms with van der Waals surface area (Å²) in [6, 6.07) is 0. The van der Waals surface area contributed by atoms with E-state index in [4.69, 9.17) is 0 Å². The zero-order valence-electron chi connectivity index (χ0n) is 15.0. The first kappa shape index (κ1) is 16.7. The number of nitrogens with one attached hydrogen (secondary N) is 2. The molecule has 0 bridgehead atoms. The van der Waals surface area contributed by atoms with Crippen LogP contribution in [0.2, 0.25) is 0 Å². The van der Waals surface area contributed by atoms with Gasteiger partial charge in [-0.2, -0.15) is 0 Å². The van der Waals surface area contributed by atoms with Crippen LogP contribution in [0.4, 0.5) is 0 Å². The van der Waals surface area contributed by atoms with Crippen LogP contribution in [0.3, 0.4) is 0 Å². The minimum absolute atomic E-state index is 0.443. The largest absolute Gasteiger partial charge is 0.356 e. The summed E-state index contributed by atoms with van der Waals surface area (Å²) in [5, 5.41) is 0. The molecule has 1 fully saturated rings. The molecule has 2 heterocycles. The summed E-state index contributed by atoms with van der Waals surface area (Å²) in [6.45, 7) is 8.22. The second-order valence-corrected chi connectivity index (χ2v) is 7.20. The lowest BCUT2D eigenvalue weighted by Crippen LogP contribution is -2.15. The van der Waals surface area contributed by atoms with Gasteiger partial charge in [-0.15, -0.1) is 0 Å². The molecule has 0 aliphatic heterocycles. The standard InChI is InChI=1S/C20H26N2O2/c1-11-13(3)19(21-17(11)9-23)15-6-5-7-16(8-15)20-14(4)12(2)18(10-24)22-20/h9-10,15-16,21-22H,5-8H2,1-4H3/t15-,16+. The van der Waals surface area contributed by atoms with Gasteiger partial charge < -0.3 is 9.97 Å². The van der Waals surface area contributed by atoms with Crippen molar-refractivity contribution in [3.8, 4) is 0 Å². The topological polar surface area (TPSA) is 65.7 Å². The summed E-state index contributed by atoms with van der Waals surface area (Å²) in [7, 11) is 0. The third-order valence-electron chi connectivity index (χ3n) is 6.01. The zero-order valence-corrected chi connectivity index (χ0v) is 15.0. The highest BCUT2D eigenvalue weighted by Crippen LogP contribution is 2.43. The van der Waals surface area contributed by atoms with Gasteiger partial charge in [0.15, 0.2) is 12.6 Å². The maximum Gasteiger partial charge on any atom is 0.166 e. The number of H-pyrrole nitrogens is 2. The van der Waals surface area contributed by atoms with Gasteiger partial charge in [0.05, 0.1) is 11.4 Å². The molecule has 1 aliphatic rings. The Hall–Kier alpha value is -2.10. The van der Waals surface area contributed by atoms with Crippen LogP contribution in [0.15, 0.2) is 0 Å². The first-order chi connectivity index (χ1) is 11.5. The average Bonchev–Trinajstić information content (AvgIpc) is 3.05. The van der Waals surface area contributed by atoms with Crippen LogP contribution in [0.25, 0.3) is 0 Å². The number of carbonyl (C=O) groups excluding carboxylic acids is 2. The van der Waals surface area contributed by atoms with Crippen molar-refractivity contribution in [1.29, 1.82) is 0 Å². The summed E-state index contributed by atoms with van der Waals surface area (Å²) in [6.07, 6.45) is 6.35. The molecule has 128 valence electrons. The lowest BCUT2D eigenvalue weighted by Gasteiger charge is -2.29. The fourth-order valence-electron chi connectivity index (χ4n) is 4.24. The monoisotopic (exact) mass is 326 g/mol. The number of aldehydes is 2. The molecule has 0 aromatic carbocycles. The predicted octanol–water partition coefficient (Wildman–Crippen LogP) is 4.64. The van der Waals surface area contributed by atoms with Crippen molar-refractivity contribution in [3.05, 3.63) is 45.0 Å². The minimum Gasteiger partial charge on any atom is -0.356 e. The Morgan fingerprint density at radius 2 is 1.17 bits per heavy atom. The number of carbonyl (C=O) groups is 2. The Balaban J connectivity index is 1.90. The summed E-state index contributed by atoms with van der Waals surface area (Å²) >= 11 is 0. The van der Waals surface area contributed by atoms with E-state index in [9.17, 15) is 9.59 Å². The minimum atomic E-state index is 0.443. The van der Waals surface area contributed by atoms with Gasteiger partial charge in [0, 0.05) is 11.4 Å². The first-order valence-corrected chi connectivity index (χ1v) is 8.76. The molecule has 1 saturated carbocycles. The van der Waals surface area contributed by atoms with Crippen LogP contribution in [-0.4, -0.2) is 22.5 Å². The average molecular weight is 326 g/mol. The maximum absolute atomic E-state index is 11.2. The van der Waals surface area contributed by atoms with Crippen LogP contribution in [-0.2, 0) is 0 Å². The van der Waals surface area contributed by atoms with Crippen LogP contribution < -0.4 is 0 Å². The molecule has 2 aromatic rings. The molecular formula is C20H26N2O2. The molecule has 2 N–H and O–H groups in total. The van der Waals surface area contributed by atoms with E-state index >= 15 is 0 Å². The van der Waals surface area contributed by atoms with Gasteiger partial charge in [0.1, 0.15) is 0 Å². The molecular weight excluding hydrogens is 300 g/mol. The highest BCUT2D eigenvalue weighted by atomic mass is 16.1. The van der Waals surface area contributed by atoms with Crippen molar-refractivity contribution >= 4 is 12.6 Å². The summed E-state index contributed by atoms with van der Waals surface area (Å²) in [5.74, 6) is 0.887. The summed E-state index contributed by atoms with van der Waals surface area (Å²) < 4.78 is 0. The van der Waals surface area contributed by atoms with E-state index in [-0.39, 0.29) is 0 Å². The van der Waals surface area contributed by atoms with E-state index < -0.39 is 0 Å². The Kier molecular flexibility index (Phi) is 4.48. The lowest BCUT2D eigenvalue weighted by molar-refractivity contribution is 0.111. The lowest BCUT2D eigenvalue weighted by atomic mass is 9.77. The molecule has 1 aliphatic carbocycles. The number of hydrogen-bond acceptors (Lipinski definition) is 2. The third kappa shape index (κ3) is 2.64. The number of rotatable bonds is 4. The van der Waals surface area contributed by atoms with Crippen molar-refractivity contribution < 1.29 is 9.59 Å². The Bertz CT molecular complexity index is 718. The van der Waals surface area contributed by atoms with Gasteiger partial charge in [0.25, 0.3) is 0 Å². The van der Waals surface area contributed by atoms with Gasteiger partial charge in [-0.1, -0.05) is 6.42 Å². The molecule has 0 amide bonds. The highest BCUT2D eigenvalue weighted by Gasteiger charge is 2.29. The van der Waals surface area contributed by atoms with E-state index in [0.29, 0.717) is 23.2 Å². The molecule has 3 rings (SSSR count). The molecule has 4 nitrogen and oxygen atoms in total. The number of aromatic amines is 2. The van der Waals surface area contributed by atoms with E-state index in [2.05, 4.69) is 23.8 Å². The van der Waals surface area contributed by atoms with E-state index in [1.165, 1.54) is 22.5 Å². The van der Waals surface area contributed by atoms with Gasteiger partial charge in [-0.25, -0.2) is 0 Å². The quantitative estimate of drug-likeness (QED) is 0.804. The van der Waals surface area contributed by atoms with Crippen molar-refractivity contribution in [2.75, 3.05) is 0 Å². The Labute approximate surface area is 143 Å². The van der Waals surface area contributed by atoms with Crippen molar-refractivity contribution in [2.24, 2.45) is 0 Å². The highest BCUT2D eigenvalue weighted by molar-refractivity contribution is 5.76. The molecule has 0 unspecified atom stereocenters. The van der Waals surface area contributed by atoms with Gasteiger partial charge in [-0.05, 0) is 81.0 Å². The fourth-order valence-corrected chi connectivity index (χ4v) is 4.24. The summed E-state index contributed by atoms with van der Waals surface area (Å²) in [4.78, 5) is 29.1. The van der Waals surface area contributed by atoms with Gasteiger partial charge in [0.2, 0.25) is 0 Å². The van der Waals surface area contributed by atoms with Crippen LogP contribution in [0, 0.1) is 27.7 Å². The zero-order chi connectivity index (χ0) is 17.4. The normalized spacial score (nSPS) is 21.0. The Morgan fingerprint density at radius 1 is 0.750 bits per heavy atom. The maximum atomic E-state index is 11.2. The van der Waals surface area contributed by atoms with Crippen molar-refractivity contribution in [2.45, 2.75) is 65.2 Å². The number of hydrogen-bond donors (Lipinski definition) is 2. The van der Waals surface area contributed by atoms with Crippen molar-refractivity contribution in [3.63, 3.8) is 0 Å². The second kappa shape index (κ2) is 6.42. The van der Waals surface area contributed by atoms with E-state index in [0.717, 1.165) is 49.4 Å². The fraction of sp³-hybridized carbons (Fsp3) is 0.500. The molecule has 2 aromatic heterocycles. The SMILES string of the molecule is Cc1c(C=O)[nH]c([C@@H]2CCC[C@H](c3[nH]c(C=O)c(C)c3C)C2)c1C. The van der Waals surface area contributed by atoms with Gasteiger partial charge in [-0.3, -0.25) is 9.59 Å². The van der Waals surface area contributed by atoms with Crippen LogP contribution in [0.5, 0.6) is 0 Å². The van der Waals surface area contributed by atoms with Crippen LogP contribution >= 0.6 is 0 Å². The molecule has 0 radical (unpaired) electrons. The second-order valence-electron chi connectivity index (χ2n) is 7.20. The molecule has 2 atom stereocenters. The molecule has 4 heteroatoms. The Morgan fingerprint density at radius 3 is 1.50 bits per heavy atom. The first-order valence-electron chi connectivity index (χ1n) is 8.76. The third-order valence-corrected chi connectivity index (χ3v) is 6.01. The van der Waals surface area contributed by atoms with Crippen LogP contribution in [0.1, 0.15) is 92.1 Å². The molecule has 0 saturated heterocycles. The van der Waals surface area contributed by atoms with Crippen molar-refractivity contribution in [1.82, 2.24) is 9.97 Å².